The quantitative estimate of drug-likeness (QED) is 0.518. The highest BCUT2D eigenvalue weighted by Crippen LogP contribution is 2.32. The third kappa shape index (κ3) is 4.97. The second-order valence-electron chi connectivity index (χ2n) is 5.90. The fourth-order valence-electron chi connectivity index (χ4n) is 2.80. The zero-order valence-corrected chi connectivity index (χ0v) is 15.3. The molecular weight excluding hydrogens is 343 g/mol. The largest absolute Gasteiger partial charge is 0.491 e. The number of anilines is 1. The van der Waals surface area contributed by atoms with Crippen molar-refractivity contribution >= 4 is 5.69 Å². The molecule has 0 saturated carbocycles. The van der Waals surface area contributed by atoms with Crippen LogP contribution in [0.15, 0.2) is 72.9 Å². The Labute approximate surface area is 159 Å². The van der Waals surface area contributed by atoms with Gasteiger partial charge in [-0.05, 0) is 37.3 Å². The lowest BCUT2D eigenvalue weighted by Gasteiger charge is -2.25. The minimum Gasteiger partial charge on any atom is -0.491 e. The fraction of sp³-hybridized carbons (Fsp3) is 0.227. The summed E-state index contributed by atoms with van der Waals surface area (Å²) in [6.07, 6.45) is 1.72. The summed E-state index contributed by atoms with van der Waals surface area (Å²) in [6.45, 7) is 2.98. The molecule has 3 aromatic rings. The smallest absolute Gasteiger partial charge is 0.243 e. The van der Waals surface area contributed by atoms with Crippen LogP contribution >= 0.6 is 0 Å². The van der Waals surface area contributed by atoms with Gasteiger partial charge in [-0.15, -0.1) is 0 Å². The predicted octanol–water partition coefficient (Wildman–Crippen LogP) is 5.25. The van der Waals surface area contributed by atoms with Crippen molar-refractivity contribution in [2.45, 2.75) is 13.5 Å². The van der Waals surface area contributed by atoms with Gasteiger partial charge in [-0.25, -0.2) is 9.37 Å². The molecule has 3 rings (SSSR count). The van der Waals surface area contributed by atoms with E-state index in [4.69, 9.17) is 9.47 Å². The van der Waals surface area contributed by atoms with Gasteiger partial charge in [0.15, 0.2) is 0 Å². The maximum atomic E-state index is 12.5. The Bertz CT molecular complexity index is 842. The molecule has 140 valence electrons. The normalized spacial score (nSPS) is 10.4. The van der Waals surface area contributed by atoms with E-state index < -0.39 is 6.67 Å². The molecule has 0 spiro atoms. The Balaban J connectivity index is 1.84. The summed E-state index contributed by atoms with van der Waals surface area (Å²) in [5.41, 5.74) is 1.88. The number of rotatable bonds is 9. The van der Waals surface area contributed by atoms with Gasteiger partial charge in [-0.2, -0.15) is 0 Å². The second kappa shape index (κ2) is 9.57. The number of alkyl halides is 1. The summed E-state index contributed by atoms with van der Waals surface area (Å²) in [4.78, 5) is 6.57. The molecule has 0 unspecified atom stereocenters. The van der Waals surface area contributed by atoms with Gasteiger partial charge in [0.25, 0.3) is 0 Å². The Kier molecular flexibility index (Phi) is 6.63. The molecule has 1 heterocycles. The van der Waals surface area contributed by atoms with Crippen LogP contribution in [0.5, 0.6) is 17.4 Å². The predicted molar refractivity (Wildman–Crippen MR) is 105 cm³/mol. The lowest BCUT2D eigenvalue weighted by Crippen LogP contribution is -2.23. The summed E-state index contributed by atoms with van der Waals surface area (Å²) >= 11 is 0. The maximum Gasteiger partial charge on any atom is 0.243 e. The van der Waals surface area contributed by atoms with Crippen molar-refractivity contribution in [2.75, 3.05) is 24.7 Å². The molecule has 0 bridgehead atoms. The number of halogens is 1. The van der Waals surface area contributed by atoms with E-state index in [0.29, 0.717) is 18.2 Å². The van der Waals surface area contributed by atoms with Crippen LogP contribution in [0.25, 0.3) is 0 Å². The topological polar surface area (TPSA) is 34.6 Å². The van der Waals surface area contributed by atoms with Crippen molar-refractivity contribution in [3.8, 4) is 17.4 Å². The minimum absolute atomic E-state index is 0.0540. The van der Waals surface area contributed by atoms with Gasteiger partial charge in [-0.3, -0.25) is 0 Å². The van der Waals surface area contributed by atoms with Crippen LogP contribution in [0.2, 0.25) is 0 Å². The van der Waals surface area contributed by atoms with Crippen LogP contribution in [0.3, 0.4) is 0 Å². The number of hydrogen-bond acceptors (Lipinski definition) is 4. The van der Waals surface area contributed by atoms with E-state index in [9.17, 15) is 4.39 Å². The van der Waals surface area contributed by atoms with Gasteiger partial charge < -0.3 is 14.4 Å². The average molecular weight is 366 g/mol. The van der Waals surface area contributed by atoms with Crippen LogP contribution in [0, 0.1) is 0 Å². The number of para-hydroxylation sites is 2. The monoisotopic (exact) mass is 366 g/mol. The second-order valence-corrected chi connectivity index (χ2v) is 5.90. The van der Waals surface area contributed by atoms with E-state index in [0.717, 1.165) is 23.5 Å². The van der Waals surface area contributed by atoms with Crippen molar-refractivity contribution in [3.63, 3.8) is 0 Å². The first kappa shape index (κ1) is 18.7. The molecule has 0 aliphatic carbocycles. The molecule has 5 heteroatoms. The summed E-state index contributed by atoms with van der Waals surface area (Å²) < 4.78 is 24.0. The van der Waals surface area contributed by atoms with Crippen LogP contribution < -0.4 is 14.4 Å². The molecule has 0 saturated heterocycles. The Morgan fingerprint density at radius 3 is 2.52 bits per heavy atom. The summed E-state index contributed by atoms with van der Waals surface area (Å²) in [7, 11) is 0. The standard InChI is InChI=1S/C22H23FN2O2/c1-2-25(17-18-9-6-7-13-21(18)26-16-14-23)20-12-8-15-24-22(20)27-19-10-4-3-5-11-19/h3-13,15H,2,14,16-17H2,1H3. The molecule has 0 N–H and O–H groups in total. The molecule has 0 radical (unpaired) electrons. The van der Waals surface area contributed by atoms with Crippen LogP contribution in [-0.4, -0.2) is 24.8 Å². The van der Waals surface area contributed by atoms with Crippen molar-refractivity contribution in [2.24, 2.45) is 0 Å². The minimum atomic E-state index is -0.510. The molecule has 0 aliphatic heterocycles. The van der Waals surface area contributed by atoms with Gasteiger partial charge in [0.05, 0.1) is 0 Å². The first-order valence-corrected chi connectivity index (χ1v) is 9.01. The summed E-state index contributed by atoms with van der Waals surface area (Å²) in [6, 6.07) is 21.2. The third-order valence-corrected chi connectivity index (χ3v) is 4.10. The van der Waals surface area contributed by atoms with Gasteiger partial charge >= 0.3 is 0 Å². The molecule has 27 heavy (non-hydrogen) atoms. The summed E-state index contributed by atoms with van der Waals surface area (Å²) in [5, 5.41) is 0. The van der Waals surface area contributed by atoms with E-state index >= 15 is 0 Å². The van der Waals surface area contributed by atoms with Gasteiger partial charge in [0.1, 0.15) is 30.5 Å². The van der Waals surface area contributed by atoms with Gasteiger partial charge in [0.2, 0.25) is 5.88 Å². The lowest BCUT2D eigenvalue weighted by molar-refractivity contribution is 0.271. The molecule has 0 aliphatic rings. The number of ether oxygens (including phenoxy) is 2. The SMILES string of the molecule is CCN(Cc1ccccc1OCCF)c1cccnc1Oc1ccccc1. The van der Waals surface area contributed by atoms with Gasteiger partial charge in [0, 0.05) is 24.8 Å². The van der Waals surface area contributed by atoms with E-state index in [1.54, 1.807) is 6.20 Å². The number of nitrogens with zero attached hydrogens (tertiary/aromatic N) is 2. The van der Waals surface area contributed by atoms with Crippen LogP contribution in [0.1, 0.15) is 12.5 Å². The molecular formula is C22H23FN2O2. The average Bonchev–Trinajstić information content (AvgIpc) is 2.72. The number of pyridine rings is 1. The van der Waals surface area contributed by atoms with E-state index in [2.05, 4.69) is 16.8 Å². The highest BCUT2D eigenvalue weighted by Gasteiger charge is 2.15. The zero-order chi connectivity index (χ0) is 18.9. The van der Waals surface area contributed by atoms with E-state index in [1.165, 1.54) is 0 Å². The zero-order valence-electron chi connectivity index (χ0n) is 15.3. The van der Waals surface area contributed by atoms with Crippen molar-refractivity contribution in [1.82, 2.24) is 4.98 Å². The number of aromatic nitrogens is 1. The fourth-order valence-corrected chi connectivity index (χ4v) is 2.80. The van der Waals surface area contributed by atoms with Crippen LogP contribution in [-0.2, 0) is 6.54 Å². The van der Waals surface area contributed by atoms with Gasteiger partial charge in [-0.1, -0.05) is 36.4 Å². The van der Waals surface area contributed by atoms with E-state index in [1.807, 2.05) is 66.7 Å². The third-order valence-electron chi connectivity index (χ3n) is 4.10. The number of hydrogen-bond donors (Lipinski definition) is 0. The molecule has 4 nitrogen and oxygen atoms in total. The van der Waals surface area contributed by atoms with Crippen molar-refractivity contribution in [1.29, 1.82) is 0 Å². The first-order chi connectivity index (χ1) is 13.3. The highest BCUT2D eigenvalue weighted by atomic mass is 19.1. The van der Waals surface area contributed by atoms with Crippen molar-refractivity contribution < 1.29 is 13.9 Å². The Hall–Kier alpha value is -3.08. The molecule has 0 atom stereocenters. The van der Waals surface area contributed by atoms with Crippen molar-refractivity contribution in [3.05, 3.63) is 78.5 Å². The lowest BCUT2D eigenvalue weighted by atomic mass is 10.1. The molecule has 0 amide bonds. The van der Waals surface area contributed by atoms with E-state index in [-0.39, 0.29) is 6.61 Å². The molecule has 1 aromatic heterocycles. The van der Waals surface area contributed by atoms with Crippen LogP contribution in [0.4, 0.5) is 10.1 Å². The summed E-state index contributed by atoms with van der Waals surface area (Å²) in [5.74, 6) is 1.98. The number of benzene rings is 2. The maximum absolute atomic E-state index is 12.5. The Morgan fingerprint density at radius 2 is 1.74 bits per heavy atom. The highest BCUT2D eigenvalue weighted by molar-refractivity contribution is 5.56. The Morgan fingerprint density at radius 1 is 0.963 bits per heavy atom. The molecule has 2 aromatic carbocycles. The first-order valence-electron chi connectivity index (χ1n) is 9.01. The molecule has 0 fully saturated rings.